The van der Waals surface area contributed by atoms with Gasteiger partial charge < -0.3 is 9.47 Å². The fourth-order valence-electron chi connectivity index (χ4n) is 4.39. The molecule has 2 aromatic carbocycles. The van der Waals surface area contributed by atoms with E-state index in [4.69, 9.17) is 5.26 Å². The van der Waals surface area contributed by atoms with Gasteiger partial charge in [-0.05, 0) is 42.3 Å². The predicted molar refractivity (Wildman–Crippen MR) is 115 cm³/mol. The standard InChI is InChI=1S/C24H18FN5O3/c1-29-12-19(27-22(29)15-6-13(10-26)7-17(25)9-15)14-2-3-18-16(8-14)11-30(24(18)33)20-4-5-21(31)28-23(20)32/h2-3,6-9,12,20H,4-5,11H2,1H3,(H,28,31,32). The lowest BCUT2D eigenvalue weighted by atomic mass is 10.0. The van der Waals surface area contributed by atoms with Crippen LogP contribution in [0.25, 0.3) is 22.6 Å². The van der Waals surface area contributed by atoms with Gasteiger partial charge in [0.15, 0.2) is 0 Å². The molecule has 1 saturated heterocycles. The Hall–Kier alpha value is -4.32. The Morgan fingerprint density at radius 2 is 1.97 bits per heavy atom. The number of nitriles is 1. The summed E-state index contributed by atoms with van der Waals surface area (Å²) in [6, 6.07) is 10.7. The van der Waals surface area contributed by atoms with E-state index < -0.39 is 17.8 Å². The summed E-state index contributed by atoms with van der Waals surface area (Å²) in [5.41, 5.74) is 3.38. The number of benzene rings is 2. The fraction of sp³-hybridized carbons (Fsp3) is 0.208. The lowest BCUT2D eigenvalue weighted by molar-refractivity contribution is -0.136. The highest BCUT2D eigenvalue weighted by atomic mass is 19.1. The van der Waals surface area contributed by atoms with Gasteiger partial charge in [-0.2, -0.15) is 5.26 Å². The average molecular weight is 443 g/mol. The van der Waals surface area contributed by atoms with Crippen LogP contribution in [0.3, 0.4) is 0 Å². The number of imide groups is 1. The smallest absolute Gasteiger partial charge is 0.255 e. The topological polar surface area (TPSA) is 108 Å². The van der Waals surface area contributed by atoms with E-state index in [1.54, 1.807) is 36.0 Å². The minimum absolute atomic E-state index is 0.200. The lowest BCUT2D eigenvalue weighted by Crippen LogP contribution is -2.52. The summed E-state index contributed by atoms with van der Waals surface area (Å²) >= 11 is 0. The van der Waals surface area contributed by atoms with Gasteiger partial charge in [0, 0.05) is 42.9 Å². The third kappa shape index (κ3) is 3.55. The van der Waals surface area contributed by atoms with Crippen LogP contribution in [0.15, 0.2) is 42.6 Å². The van der Waals surface area contributed by atoms with Crippen molar-refractivity contribution in [1.29, 1.82) is 5.26 Å². The van der Waals surface area contributed by atoms with Gasteiger partial charge in [-0.15, -0.1) is 0 Å². The van der Waals surface area contributed by atoms with Gasteiger partial charge >= 0.3 is 0 Å². The first-order chi connectivity index (χ1) is 15.8. The van der Waals surface area contributed by atoms with E-state index in [-0.39, 0.29) is 30.3 Å². The van der Waals surface area contributed by atoms with Crippen molar-refractivity contribution >= 4 is 17.7 Å². The molecule has 1 unspecified atom stereocenters. The SMILES string of the molecule is Cn1cc(-c2ccc3c(c2)CN(C2CCC(=O)NC2=O)C3=O)nc1-c1cc(F)cc(C#N)c1. The van der Waals surface area contributed by atoms with E-state index >= 15 is 0 Å². The number of aromatic nitrogens is 2. The van der Waals surface area contributed by atoms with Crippen LogP contribution in [-0.2, 0) is 23.2 Å². The quantitative estimate of drug-likeness (QED) is 0.626. The molecule has 5 rings (SSSR count). The predicted octanol–water partition coefficient (Wildman–Crippen LogP) is 2.53. The number of hydrogen-bond acceptors (Lipinski definition) is 5. The van der Waals surface area contributed by atoms with Gasteiger partial charge in [0.25, 0.3) is 5.91 Å². The van der Waals surface area contributed by atoms with E-state index in [0.717, 1.165) is 11.1 Å². The highest BCUT2D eigenvalue weighted by Gasteiger charge is 2.39. The van der Waals surface area contributed by atoms with Crippen molar-refractivity contribution in [3.05, 3.63) is 65.1 Å². The summed E-state index contributed by atoms with van der Waals surface area (Å²) < 4.78 is 15.7. The summed E-state index contributed by atoms with van der Waals surface area (Å²) in [7, 11) is 1.78. The summed E-state index contributed by atoms with van der Waals surface area (Å²) in [5, 5.41) is 11.4. The van der Waals surface area contributed by atoms with E-state index in [0.29, 0.717) is 29.1 Å². The van der Waals surface area contributed by atoms with Crippen molar-refractivity contribution in [1.82, 2.24) is 19.8 Å². The maximum absolute atomic E-state index is 13.9. The monoisotopic (exact) mass is 443 g/mol. The number of carbonyl (C=O) groups excluding carboxylic acids is 3. The Labute approximate surface area is 188 Å². The van der Waals surface area contributed by atoms with Crippen LogP contribution in [0, 0.1) is 17.1 Å². The number of fused-ring (bicyclic) bond motifs is 1. The molecule has 8 nitrogen and oxygen atoms in total. The van der Waals surface area contributed by atoms with Crippen LogP contribution in [0.5, 0.6) is 0 Å². The largest absolute Gasteiger partial charge is 0.333 e. The number of amides is 3. The molecule has 3 amide bonds. The zero-order valence-corrected chi connectivity index (χ0v) is 17.6. The zero-order chi connectivity index (χ0) is 23.3. The molecule has 33 heavy (non-hydrogen) atoms. The Morgan fingerprint density at radius 1 is 1.15 bits per heavy atom. The second-order valence-electron chi connectivity index (χ2n) is 8.17. The molecular formula is C24H18FN5O3. The number of nitrogens with one attached hydrogen (secondary N) is 1. The molecule has 1 N–H and O–H groups in total. The van der Waals surface area contributed by atoms with Crippen LogP contribution in [-0.4, -0.2) is 38.2 Å². The van der Waals surface area contributed by atoms with Crippen LogP contribution < -0.4 is 5.32 Å². The number of hydrogen-bond donors (Lipinski definition) is 1. The van der Waals surface area contributed by atoms with E-state index in [1.165, 1.54) is 17.0 Å². The number of aryl methyl sites for hydroxylation is 1. The summed E-state index contributed by atoms with van der Waals surface area (Å²) in [5.74, 6) is -1.03. The maximum Gasteiger partial charge on any atom is 0.255 e. The summed E-state index contributed by atoms with van der Waals surface area (Å²) in [4.78, 5) is 42.7. The van der Waals surface area contributed by atoms with Gasteiger partial charge in [0.05, 0.1) is 17.3 Å². The molecule has 2 aliphatic rings. The number of imidazole rings is 1. The third-order valence-corrected chi connectivity index (χ3v) is 5.98. The van der Waals surface area contributed by atoms with Crippen LogP contribution in [0.4, 0.5) is 4.39 Å². The molecule has 0 spiro atoms. The molecule has 0 bridgehead atoms. The van der Waals surface area contributed by atoms with Gasteiger partial charge in [-0.25, -0.2) is 9.37 Å². The molecule has 1 fully saturated rings. The zero-order valence-electron chi connectivity index (χ0n) is 17.6. The average Bonchev–Trinajstić information content (AvgIpc) is 3.33. The molecule has 9 heteroatoms. The second kappa shape index (κ2) is 7.67. The highest BCUT2D eigenvalue weighted by molar-refractivity contribution is 6.05. The minimum atomic E-state index is -0.671. The number of rotatable bonds is 3. The van der Waals surface area contributed by atoms with Crippen LogP contribution in [0.1, 0.15) is 34.3 Å². The van der Waals surface area contributed by atoms with Gasteiger partial charge in [-0.3, -0.25) is 19.7 Å². The van der Waals surface area contributed by atoms with E-state index in [9.17, 15) is 18.8 Å². The normalized spacial score (nSPS) is 17.7. The molecular weight excluding hydrogens is 425 g/mol. The van der Waals surface area contributed by atoms with Crippen molar-refractivity contribution in [3.8, 4) is 28.7 Å². The van der Waals surface area contributed by atoms with Crippen molar-refractivity contribution < 1.29 is 18.8 Å². The Morgan fingerprint density at radius 3 is 2.73 bits per heavy atom. The second-order valence-corrected chi connectivity index (χ2v) is 8.17. The van der Waals surface area contributed by atoms with Gasteiger partial charge in [0.2, 0.25) is 11.8 Å². The lowest BCUT2D eigenvalue weighted by Gasteiger charge is -2.29. The molecule has 3 aromatic rings. The van der Waals surface area contributed by atoms with E-state index in [2.05, 4.69) is 10.3 Å². The summed E-state index contributed by atoms with van der Waals surface area (Å²) in [6.07, 6.45) is 2.30. The number of piperidine rings is 1. The summed E-state index contributed by atoms with van der Waals surface area (Å²) in [6.45, 7) is 0.267. The van der Waals surface area contributed by atoms with Crippen molar-refractivity contribution in [2.75, 3.05) is 0 Å². The molecule has 0 radical (unpaired) electrons. The van der Waals surface area contributed by atoms with Gasteiger partial charge in [0.1, 0.15) is 17.7 Å². The Balaban J connectivity index is 1.45. The molecule has 3 heterocycles. The molecule has 1 atom stereocenters. The van der Waals surface area contributed by atoms with Crippen molar-refractivity contribution in [2.45, 2.75) is 25.4 Å². The molecule has 2 aliphatic heterocycles. The van der Waals surface area contributed by atoms with Crippen molar-refractivity contribution in [3.63, 3.8) is 0 Å². The van der Waals surface area contributed by atoms with Gasteiger partial charge in [-0.1, -0.05) is 6.07 Å². The highest BCUT2D eigenvalue weighted by Crippen LogP contribution is 2.32. The minimum Gasteiger partial charge on any atom is -0.333 e. The van der Waals surface area contributed by atoms with Crippen molar-refractivity contribution in [2.24, 2.45) is 7.05 Å². The Kier molecular flexibility index (Phi) is 4.78. The first-order valence-corrected chi connectivity index (χ1v) is 10.4. The molecule has 0 saturated carbocycles. The van der Waals surface area contributed by atoms with E-state index in [1.807, 2.05) is 12.1 Å². The Bertz CT molecular complexity index is 1390. The van der Waals surface area contributed by atoms with Crippen LogP contribution in [0.2, 0.25) is 0 Å². The number of nitrogens with zero attached hydrogens (tertiary/aromatic N) is 4. The third-order valence-electron chi connectivity index (χ3n) is 5.98. The first-order valence-electron chi connectivity index (χ1n) is 10.4. The van der Waals surface area contributed by atoms with Crippen LogP contribution >= 0.6 is 0 Å². The maximum atomic E-state index is 13.9. The molecule has 1 aromatic heterocycles. The molecule has 0 aliphatic carbocycles. The number of halogens is 1. The molecule has 164 valence electrons. The number of carbonyl (C=O) groups is 3. The fourth-order valence-corrected chi connectivity index (χ4v) is 4.39. The first kappa shape index (κ1) is 20.6.